The molecule has 3 heterocycles. The quantitative estimate of drug-likeness (QED) is 0.615. The maximum Gasteiger partial charge on any atom is 0.244 e. The first-order chi connectivity index (χ1) is 13.4. The molecule has 1 aromatic carbocycles. The molecule has 4 rings (SSSR count). The largest absolute Gasteiger partial charge is 0.369 e. The molecule has 2 aromatic heterocycles. The molecule has 0 N–H and O–H groups in total. The number of hydrogen-bond acceptors (Lipinski definition) is 6. The van der Waals surface area contributed by atoms with Crippen molar-refractivity contribution in [2.75, 3.05) is 31.1 Å². The lowest BCUT2D eigenvalue weighted by Gasteiger charge is -2.35. The van der Waals surface area contributed by atoms with Crippen LogP contribution in [0.25, 0.3) is 9.88 Å². The van der Waals surface area contributed by atoms with E-state index in [1.165, 1.54) is 16.2 Å². The van der Waals surface area contributed by atoms with Gasteiger partial charge in [-0.2, -0.15) is 4.31 Å². The van der Waals surface area contributed by atoms with Gasteiger partial charge in [0.05, 0.1) is 15.5 Å². The zero-order chi connectivity index (χ0) is 19.9. The normalized spacial score (nSPS) is 15.9. The fourth-order valence-electron chi connectivity index (χ4n) is 3.37. The van der Waals surface area contributed by atoms with E-state index in [2.05, 4.69) is 22.0 Å². The summed E-state index contributed by atoms with van der Waals surface area (Å²) in [6.07, 6.45) is 0. The Bertz CT molecular complexity index is 1060. The van der Waals surface area contributed by atoms with Crippen LogP contribution in [0.2, 0.25) is 0 Å². The van der Waals surface area contributed by atoms with Crippen LogP contribution in [0.3, 0.4) is 0 Å². The summed E-state index contributed by atoms with van der Waals surface area (Å²) in [5.74, 6) is 0. The molecule has 1 aliphatic rings. The number of anilines is 1. The molecule has 8 heteroatoms. The van der Waals surface area contributed by atoms with Crippen molar-refractivity contribution < 1.29 is 8.42 Å². The van der Waals surface area contributed by atoms with Crippen molar-refractivity contribution in [3.05, 3.63) is 51.8 Å². The van der Waals surface area contributed by atoms with E-state index in [0.717, 1.165) is 26.1 Å². The van der Waals surface area contributed by atoms with Crippen molar-refractivity contribution in [2.45, 2.75) is 25.7 Å². The summed E-state index contributed by atoms with van der Waals surface area (Å²) in [7, 11) is -3.49. The monoisotopic (exact) mass is 433 g/mol. The van der Waals surface area contributed by atoms with E-state index in [-0.39, 0.29) is 0 Å². The predicted octanol–water partition coefficient (Wildman–Crippen LogP) is 4.31. The van der Waals surface area contributed by atoms with Crippen LogP contribution in [-0.4, -0.2) is 43.9 Å². The molecule has 5 nitrogen and oxygen atoms in total. The van der Waals surface area contributed by atoms with Gasteiger partial charge in [0, 0.05) is 41.6 Å². The topological polar surface area (TPSA) is 53.5 Å². The molecule has 0 unspecified atom stereocenters. The van der Waals surface area contributed by atoms with Crippen LogP contribution in [0.4, 0.5) is 5.69 Å². The lowest BCUT2D eigenvalue weighted by Crippen LogP contribution is -2.48. The summed E-state index contributed by atoms with van der Waals surface area (Å²) in [5.41, 5.74) is 2.15. The van der Waals surface area contributed by atoms with Crippen molar-refractivity contribution in [1.29, 1.82) is 0 Å². The molecule has 0 bridgehead atoms. The third-order valence-electron chi connectivity index (χ3n) is 5.09. The Labute approximate surface area is 174 Å². The van der Waals surface area contributed by atoms with Crippen LogP contribution in [0.15, 0.2) is 41.3 Å². The zero-order valence-electron chi connectivity index (χ0n) is 16.2. The number of aryl methyl sites for hydroxylation is 3. The number of para-hydroxylation sites is 1. The Hall–Kier alpha value is -1.74. The van der Waals surface area contributed by atoms with Gasteiger partial charge in [0.25, 0.3) is 0 Å². The average molecular weight is 434 g/mol. The number of thiophene rings is 1. The molecule has 3 aromatic rings. The highest BCUT2D eigenvalue weighted by molar-refractivity contribution is 7.89. The summed E-state index contributed by atoms with van der Waals surface area (Å²) < 4.78 is 28.1. The van der Waals surface area contributed by atoms with Crippen LogP contribution in [0.1, 0.15) is 15.4 Å². The number of aromatic nitrogens is 1. The Morgan fingerprint density at radius 2 is 1.61 bits per heavy atom. The Balaban J connectivity index is 1.54. The van der Waals surface area contributed by atoms with Crippen LogP contribution in [-0.2, 0) is 10.0 Å². The number of sulfonamides is 1. The van der Waals surface area contributed by atoms with E-state index in [1.54, 1.807) is 21.7 Å². The minimum absolute atomic E-state index is 0.422. The molecule has 0 spiro atoms. The number of nitrogens with zero attached hydrogens (tertiary/aromatic N) is 3. The third-order valence-corrected chi connectivity index (χ3v) is 9.54. The molecule has 0 saturated carbocycles. The van der Waals surface area contributed by atoms with Crippen molar-refractivity contribution >= 4 is 38.4 Å². The van der Waals surface area contributed by atoms with Gasteiger partial charge < -0.3 is 4.90 Å². The Kier molecular flexibility index (Phi) is 5.30. The van der Waals surface area contributed by atoms with E-state index in [9.17, 15) is 8.42 Å². The maximum atomic E-state index is 13.3. The smallest absolute Gasteiger partial charge is 0.244 e. The molecule has 28 heavy (non-hydrogen) atoms. The number of piperazine rings is 1. The first-order valence-corrected chi connectivity index (χ1v) is 12.3. The lowest BCUT2D eigenvalue weighted by atomic mass is 10.2. The molecule has 0 aliphatic carbocycles. The summed E-state index contributed by atoms with van der Waals surface area (Å²) in [4.78, 5) is 10.2. The molecule has 1 aliphatic heterocycles. The summed E-state index contributed by atoms with van der Waals surface area (Å²) in [6.45, 7) is 8.30. The predicted molar refractivity (Wildman–Crippen MR) is 117 cm³/mol. The molecule has 1 fully saturated rings. The summed E-state index contributed by atoms with van der Waals surface area (Å²) >= 11 is 3.13. The second-order valence-electron chi connectivity index (χ2n) is 6.92. The van der Waals surface area contributed by atoms with E-state index in [0.29, 0.717) is 31.1 Å². The van der Waals surface area contributed by atoms with Crippen LogP contribution in [0.5, 0.6) is 0 Å². The second-order valence-corrected chi connectivity index (χ2v) is 11.3. The first kappa shape index (κ1) is 19.6. The van der Waals surface area contributed by atoms with Gasteiger partial charge in [-0.3, -0.25) is 0 Å². The molecular weight excluding hydrogens is 410 g/mol. The van der Waals surface area contributed by atoms with Gasteiger partial charge in [-0.1, -0.05) is 18.2 Å². The van der Waals surface area contributed by atoms with E-state index in [4.69, 9.17) is 0 Å². The molecular formula is C20H23N3O2S3. The van der Waals surface area contributed by atoms with E-state index >= 15 is 0 Å². The minimum Gasteiger partial charge on any atom is -0.369 e. The number of rotatable bonds is 4. The van der Waals surface area contributed by atoms with Crippen LogP contribution >= 0.6 is 22.7 Å². The first-order valence-electron chi connectivity index (χ1n) is 9.21. The second kappa shape index (κ2) is 7.59. The van der Waals surface area contributed by atoms with E-state index < -0.39 is 10.0 Å². The van der Waals surface area contributed by atoms with Gasteiger partial charge in [0.1, 0.15) is 5.01 Å². The van der Waals surface area contributed by atoms with Gasteiger partial charge in [0.15, 0.2) is 0 Å². The number of thiazole rings is 1. The Morgan fingerprint density at radius 1 is 0.929 bits per heavy atom. The number of benzene rings is 1. The highest BCUT2D eigenvalue weighted by Gasteiger charge is 2.31. The third kappa shape index (κ3) is 3.61. The highest BCUT2D eigenvalue weighted by Crippen LogP contribution is 2.37. The molecule has 0 atom stereocenters. The van der Waals surface area contributed by atoms with Gasteiger partial charge in [-0.05, 0) is 39.0 Å². The summed E-state index contributed by atoms with van der Waals surface area (Å²) in [5, 5.41) is 0.901. The SMILES string of the molecule is Cc1nc(-c2cc(S(=O)(=O)N3CCN(c4ccccc4)CC3)c(C)s2)sc1C. The van der Waals surface area contributed by atoms with Gasteiger partial charge in [-0.25, -0.2) is 13.4 Å². The minimum atomic E-state index is -3.49. The van der Waals surface area contributed by atoms with Gasteiger partial charge in [-0.15, -0.1) is 22.7 Å². The number of hydrogen-bond donors (Lipinski definition) is 0. The average Bonchev–Trinajstić information content (AvgIpc) is 3.25. The molecule has 1 saturated heterocycles. The Morgan fingerprint density at radius 3 is 2.21 bits per heavy atom. The maximum absolute atomic E-state index is 13.3. The summed E-state index contributed by atoms with van der Waals surface area (Å²) in [6, 6.07) is 11.9. The van der Waals surface area contributed by atoms with Crippen molar-refractivity contribution in [2.24, 2.45) is 0 Å². The zero-order valence-corrected chi connectivity index (χ0v) is 18.6. The molecule has 148 valence electrons. The lowest BCUT2D eigenvalue weighted by molar-refractivity contribution is 0.385. The fourth-order valence-corrected chi connectivity index (χ4v) is 7.31. The van der Waals surface area contributed by atoms with Crippen molar-refractivity contribution in [1.82, 2.24) is 9.29 Å². The van der Waals surface area contributed by atoms with Crippen LogP contribution in [0, 0.1) is 20.8 Å². The molecule has 0 radical (unpaired) electrons. The van der Waals surface area contributed by atoms with Crippen molar-refractivity contribution in [3.63, 3.8) is 0 Å². The van der Waals surface area contributed by atoms with Gasteiger partial charge in [0.2, 0.25) is 10.0 Å². The molecule has 0 amide bonds. The fraction of sp³-hybridized carbons (Fsp3) is 0.350. The standard InChI is InChI=1S/C20H23N3O2S3/c1-14-15(2)27-20(21-14)18-13-19(16(3)26-18)28(24,25)23-11-9-22(10-12-23)17-7-5-4-6-8-17/h4-8,13H,9-12H2,1-3H3. The van der Waals surface area contributed by atoms with Crippen molar-refractivity contribution in [3.8, 4) is 9.88 Å². The van der Waals surface area contributed by atoms with Crippen LogP contribution < -0.4 is 4.90 Å². The van der Waals surface area contributed by atoms with Gasteiger partial charge >= 0.3 is 0 Å². The highest BCUT2D eigenvalue weighted by atomic mass is 32.2. The van der Waals surface area contributed by atoms with E-state index in [1.807, 2.05) is 39.0 Å².